The third-order valence-corrected chi connectivity index (χ3v) is 4.54. The summed E-state index contributed by atoms with van der Waals surface area (Å²) in [6.45, 7) is 2.53. The Bertz CT molecular complexity index is 915. The maximum absolute atomic E-state index is 12.8. The van der Waals surface area contributed by atoms with E-state index in [0.717, 1.165) is 27.0 Å². The Morgan fingerprint density at radius 1 is 1.15 bits per heavy atom. The van der Waals surface area contributed by atoms with Crippen LogP contribution in [-0.4, -0.2) is 47.2 Å². The molecule has 0 spiro atoms. The van der Waals surface area contributed by atoms with Crippen molar-refractivity contribution in [2.75, 3.05) is 25.6 Å². The molecule has 1 aliphatic rings. The molecule has 0 unspecified atom stereocenters. The minimum atomic E-state index is -0.466. The summed E-state index contributed by atoms with van der Waals surface area (Å²) in [5.74, 6) is 0.205. The quantitative estimate of drug-likeness (QED) is 0.249. The number of halogens is 1. The molecule has 0 aliphatic heterocycles. The molecule has 0 heterocycles. The lowest BCUT2D eigenvalue weighted by molar-refractivity contribution is -0.753. The highest BCUT2D eigenvalue weighted by Gasteiger charge is 2.40. The van der Waals surface area contributed by atoms with Gasteiger partial charge in [0.2, 0.25) is 0 Å². The number of hydrogen-bond acceptors (Lipinski definition) is 4. The first-order valence-corrected chi connectivity index (χ1v) is 9.81. The lowest BCUT2D eigenvalue weighted by Crippen LogP contribution is -2.22. The molecule has 0 fully saturated rings. The Kier molecular flexibility index (Phi) is 5.96. The van der Waals surface area contributed by atoms with E-state index in [-0.39, 0.29) is 6.61 Å². The van der Waals surface area contributed by atoms with Gasteiger partial charge in [-0.3, -0.25) is 5.21 Å². The Morgan fingerprint density at radius 3 is 2.52 bits per heavy atom. The van der Waals surface area contributed by atoms with Crippen LogP contribution in [0.1, 0.15) is 23.6 Å². The number of esters is 1. The van der Waals surface area contributed by atoms with Crippen molar-refractivity contribution in [3.63, 3.8) is 0 Å². The molecule has 27 heavy (non-hydrogen) atoms. The topological polar surface area (TPSA) is 58.8 Å². The molecule has 3 rings (SSSR count). The molecule has 1 N–H and O–H groups in total. The van der Waals surface area contributed by atoms with Gasteiger partial charge in [-0.15, -0.1) is 0 Å². The van der Waals surface area contributed by atoms with Gasteiger partial charge in [-0.25, -0.2) is 4.79 Å². The molecule has 0 atom stereocenters. The van der Waals surface area contributed by atoms with E-state index >= 15 is 0 Å². The van der Waals surface area contributed by atoms with Gasteiger partial charge in [0.05, 0.1) is 18.8 Å². The summed E-state index contributed by atoms with van der Waals surface area (Å²) in [6, 6.07) is 15.3. The zero-order chi connectivity index (χ0) is 19.4. The van der Waals surface area contributed by atoms with Crippen LogP contribution >= 0.6 is 15.9 Å². The van der Waals surface area contributed by atoms with Gasteiger partial charge in [-0.1, -0.05) is 46.3 Å². The predicted molar refractivity (Wildman–Crippen MR) is 107 cm³/mol. The van der Waals surface area contributed by atoms with Gasteiger partial charge in [-0.05, 0) is 41.0 Å². The van der Waals surface area contributed by atoms with Crippen molar-refractivity contribution < 1.29 is 24.2 Å². The lowest BCUT2D eigenvalue weighted by Gasteiger charge is -2.08. The van der Waals surface area contributed by atoms with E-state index in [2.05, 4.69) is 15.9 Å². The molecule has 0 aromatic heterocycles. The normalized spacial score (nSPS) is 14.8. The number of carbonyl (C=O) groups excluding carboxylic acids is 1. The van der Waals surface area contributed by atoms with Gasteiger partial charge < -0.3 is 9.47 Å². The van der Waals surface area contributed by atoms with Gasteiger partial charge in [0.25, 0.3) is 5.71 Å². The highest BCUT2D eigenvalue weighted by Crippen LogP contribution is 2.39. The summed E-state index contributed by atoms with van der Waals surface area (Å²) in [6.07, 6.45) is 0. The van der Waals surface area contributed by atoms with Crippen molar-refractivity contribution in [1.29, 1.82) is 0 Å². The molecule has 6 heteroatoms. The van der Waals surface area contributed by atoms with Crippen LogP contribution in [0.5, 0.6) is 5.75 Å². The van der Waals surface area contributed by atoms with Crippen LogP contribution < -0.4 is 4.74 Å². The first kappa shape index (κ1) is 19.2. The molecule has 0 bridgehead atoms. The average Bonchev–Trinajstić information content (AvgIpc) is 3.02. The van der Waals surface area contributed by atoms with Crippen LogP contribution in [0.15, 0.2) is 54.1 Å². The fraction of sp³-hybridized carbons (Fsp3) is 0.238. The number of rotatable bonds is 6. The second-order valence-corrected chi connectivity index (χ2v) is 6.75. The summed E-state index contributed by atoms with van der Waals surface area (Å²) >= 11 is 3.34. The van der Waals surface area contributed by atoms with Gasteiger partial charge >= 0.3 is 5.97 Å². The number of hydrogen-bond donors (Lipinski definition) is 1. The Hall–Kier alpha value is -2.60. The highest BCUT2D eigenvalue weighted by molar-refractivity contribution is 9.09. The van der Waals surface area contributed by atoms with Crippen LogP contribution in [-0.2, 0) is 9.53 Å². The van der Waals surface area contributed by atoms with E-state index < -0.39 is 5.97 Å². The van der Waals surface area contributed by atoms with Crippen molar-refractivity contribution in [3.8, 4) is 5.75 Å². The third kappa shape index (κ3) is 3.76. The van der Waals surface area contributed by atoms with Crippen LogP contribution in [0.4, 0.5) is 0 Å². The zero-order valence-electron chi connectivity index (χ0n) is 15.2. The maximum atomic E-state index is 12.8. The zero-order valence-corrected chi connectivity index (χ0v) is 16.8. The summed E-state index contributed by atoms with van der Waals surface area (Å²) in [7, 11) is 1.50. The number of carbonyl (C=O) groups is 1. The minimum absolute atomic E-state index is 0.253. The molecule has 1 aliphatic carbocycles. The molecule has 0 amide bonds. The van der Waals surface area contributed by atoms with Crippen LogP contribution in [0.3, 0.4) is 0 Å². The summed E-state index contributed by atoms with van der Waals surface area (Å²) in [4.78, 5) is 12.8. The van der Waals surface area contributed by atoms with Crippen LogP contribution in [0, 0.1) is 0 Å². The number of hydroxylamine groups is 1. The van der Waals surface area contributed by atoms with Crippen molar-refractivity contribution in [1.82, 2.24) is 0 Å². The standard InChI is InChI=1S/C21H21BrNO4/c1-3-26-21(24)19-18(14-7-5-4-6-8-14)16-10-9-15(27-12-11-22)13-17(16)20(19)23(2)25/h4-10,13,25H,3,11-12H2,1-2H3/q+1/b23-20+. The molecule has 2 aromatic rings. The molecule has 0 radical (unpaired) electrons. The number of benzene rings is 2. The Morgan fingerprint density at radius 2 is 1.89 bits per heavy atom. The number of fused-ring (bicyclic) bond motifs is 1. The predicted octanol–water partition coefficient (Wildman–Crippen LogP) is 3.66. The second kappa shape index (κ2) is 8.39. The molecule has 5 nitrogen and oxygen atoms in total. The maximum Gasteiger partial charge on any atom is 0.345 e. The molecule has 0 saturated carbocycles. The van der Waals surface area contributed by atoms with Crippen molar-refractivity contribution in [2.24, 2.45) is 0 Å². The largest absolute Gasteiger partial charge is 0.493 e. The SMILES string of the molecule is CCOC(=O)C1=C(c2ccccc2)c2ccc(OCCBr)cc2/C1=[N+](/C)O. The van der Waals surface area contributed by atoms with Gasteiger partial charge in [0.1, 0.15) is 11.3 Å². The van der Waals surface area contributed by atoms with Crippen LogP contribution in [0.2, 0.25) is 0 Å². The highest BCUT2D eigenvalue weighted by atomic mass is 79.9. The van der Waals surface area contributed by atoms with Crippen LogP contribution in [0.25, 0.3) is 5.57 Å². The Labute approximate surface area is 166 Å². The van der Waals surface area contributed by atoms with Gasteiger partial charge in [0, 0.05) is 10.9 Å². The fourth-order valence-corrected chi connectivity index (χ4v) is 3.38. The lowest BCUT2D eigenvalue weighted by atomic mass is 9.97. The smallest absolute Gasteiger partial charge is 0.345 e. The summed E-state index contributed by atoms with van der Waals surface area (Å²) in [5, 5.41) is 11.0. The van der Waals surface area contributed by atoms with E-state index in [0.29, 0.717) is 29.0 Å². The molecular formula is C21H21BrNO4+. The number of ether oxygens (including phenoxy) is 2. The number of alkyl halides is 1. The van der Waals surface area contributed by atoms with E-state index in [9.17, 15) is 10.0 Å². The minimum Gasteiger partial charge on any atom is -0.493 e. The molecule has 2 aromatic carbocycles. The fourth-order valence-electron chi connectivity index (χ4n) is 3.21. The molecule has 0 saturated heterocycles. The third-order valence-electron chi connectivity index (χ3n) is 4.21. The number of nitrogens with zero attached hydrogens (tertiary/aromatic N) is 1. The van der Waals surface area contributed by atoms with Crippen molar-refractivity contribution >= 4 is 33.2 Å². The molecule has 140 valence electrons. The van der Waals surface area contributed by atoms with Crippen molar-refractivity contribution in [3.05, 3.63) is 70.8 Å². The van der Waals surface area contributed by atoms with Crippen molar-refractivity contribution in [2.45, 2.75) is 6.92 Å². The second-order valence-electron chi connectivity index (χ2n) is 5.95. The van der Waals surface area contributed by atoms with E-state index in [4.69, 9.17) is 9.47 Å². The van der Waals surface area contributed by atoms with Gasteiger partial charge in [-0.2, -0.15) is 0 Å². The molecular weight excluding hydrogens is 410 g/mol. The summed E-state index contributed by atoms with van der Waals surface area (Å²) in [5.41, 5.74) is 3.97. The first-order chi connectivity index (χ1) is 13.1. The average molecular weight is 431 g/mol. The van der Waals surface area contributed by atoms with Gasteiger partial charge in [0.15, 0.2) is 7.05 Å². The van der Waals surface area contributed by atoms with E-state index in [1.165, 1.54) is 7.05 Å². The van der Waals surface area contributed by atoms with E-state index in [1.807, 2.05) is 48.5 Å². The summed E-state index contributed by atoms with van der Waals surface area (Å²) < 4.78 is 12.0. The van der Waals surface area contributed by atoms with E-state index in [1.54, 1.807) is 6.92 Å². The monoisotopic (exact) mass is 430 g/mol. The first-order valence-electron chi connectivity index (χ1n) is 8.68. The Balaban J connectivity index is 2.24.